The van der Waals surface area contributed by atoms with Gasteiger partial charge in [0.1, 0.15) is 5.82 Å². The third-order valence-electron chi connectivity index (χ3n) is 2.90. The lowest BCUT2D eigenvalue weighted by Gasteiger charge is -2.13. The third-order valence-corrected chi connectivity index (χ3v) is 2.90. The van der Waals surface area contributed by atoms with Crippen molar-refractivity contribution in [1.82, 2.24) is 5.32 Å². The molecule has 3 nitrogen and oxygen atoms in total. The number of carbonyl (C=O) groups excluding carboxylic acids is 1. The van der Waals surface area contributed by atoms with Crippen molar-refractivity contribution < 1.29 is 9.18 Å². The summed E-state index contributed by atoms with van der Waals surface area (Å²) in [5.74, 6) is -0.372. The van der Waals surface area contributed by atoms with E-state index in [2.05, 4.69) is 10.6 Å². The van der Waals surface area contributed by atoms with Gasteiger partial charge >= 0.3 is 0 Å². The van der Waals surface area contributed by atoms with E-state index in [4.69, 9.17) is 0 Å². The zero-order chi connectivity index (χ0) is 11.5. The van der Waals surface area contributed by atoms with Crippen LogP contribution in [-0.2, 0) is 4.79 Å². The lowest BCUT2D eigenvalue weighted by molar-refractivity contribution is -0.117. The highest BCUT2D eigenvalue weighted by Gasteiger charge is 2.22. The van der Waals surface area contributed by atoms with Crippen LogP contribution in [-0.4, -0.2) is 18.5 Å². The molecule has 1 aromatic carbocycles. The summed E-state index contributed by atoms with van der Waals surface area (Å²) >= 11 is 0. The second-order valence-electron chi connectivity index (χ2n) is 4.05. The van der Waals surface area contributed by atoms with Crippen LogP contribution in [0.3, 0.4) is 0 Å². The molecule has 1 aliphatic heterocycles. The molecule has 1 unspecified atom stereocenters. The smallest absolute Gasteiger partial charge is 0.241 e. The molecular weight excluding hydrogens is 243 g/mol. The SMILES string of the molecule is Cc1c(F)cccc1NC(=O)C1CCCN1.Cl. The van der Waals surface area contributed by atoms with Gasteiger partial charge in [-0.1, -0.05) is 6.07 Å². The Morgan fingerprint density at radius 1 is 1.53 bits per heavy atom. The summed E-state index contributed by atoms with van der Waals surface area (Å²) in [6.07, 6.45) is 1.86. The van der Waals surface area contributed by atoms with E-state index < -0.39 is 0 Å². The minimum atomic E-state index is -0.294. The maximum Gasteiger partial charge on any atom is 0.241 e. The lowest BCUT2D eigenvalue weighted by Crippen LogP contribution is -2.35. The Morgan fingerprint density at radius 2 is 2.29 bits per heavy atom. The number of nitrogens with one attached hydrogen (secondary N) is 2. The zero-order valence-electron chi connectivity index (χ0n) is 9.63. The minimum absolute atomic E-state index is 0. The highest BCUT2D eigenvalue weighted by Crippen LogP contribution is 2.18. The normalized spacial score (nSPS) is 18.6. The average Bonchev–Trinajstić information content (AvgIpc) is 2.78. The van der Waals surface area contributed by atoms with Gasteiger partial charge < -0.3 is 10.6 Å². The maximum atomic E-state index is 13.2. The Kier molecular flexibility index (Phi) is 4.90. The first-order valence-corrected chi connectivity index (χ1v) is 5.48. The quantitative estimate of drug-likeness (QED) is 0.854. The molecule has 0 spiro atoms. The molecule has 1 heterocycles. The van der Waals surface area contributed by atoms with Gasteiger partial charge in [-0.05, 0) is 38.4 Å². The Bertz CT molecular complexity index is 405. The van der Waals surface area contributed by atoms with Crippen molar-refractivity contribution in [2.45, 2.75) is 25.8 Å². The Balaban J connectivity index is 0.00000144. The number of anilines is 1. The highest BCUT2D eigenvalue weighted by molar-refractivity contribution is 5.95. The molecule has 0 radical (unpaired) electrons. The predicted octanol–water partition coefficient (Wildman–Crippen LogP) is 2.25. The first-order valence-electron chi connectivity index (χ1n) is 5.48. The largest absolute Gasteiger partial charge is 0.324 e. The molecule has 1 aromatic rings. The summed E-state index contributed by atoms with van der Waals surface area (Å²) in [7, 11) is 0. The van der Waals surface area contributed by atoms with E-state index in [0.717, 1.165) is 19.4 Å². The van der Waals surface area contributed by atoms with Crippen LogP contribution in [0, 0.1) is 12.7 Å². The van der Waals surface area contributed by atoms with Gasteiger partial charge in [-0.25, -0.2) is 4.39 Å². The molecule has 1 aliphatic rings. The number of carbonyl (C=O) groups is 1. The van der Waals surface area contributed by atoms with Crippen molar-refractivity contribution >= 4 is 24.0 Å². The maximum absolute atomic E-state index is 13.2. The molecule has 1 amide bonds. The van der Waals surface area contributed by atoms with Crippen molar-refractivity contribution in [2.75, 3.05) is 11.9 Å². The number of rotatable bonds is 2. The van der Waals surface area contributed by atoms with E-state index in [1.165, 1.54) is 6.07 Å². The van der Waals surface area contributed by atoms with E-state index in [-0.39, 0.29) is 30.2 Å². The van der Waals surface area contributed by atoms with Gasteiger partial charge in [-0.3, -0.25) is 4.79 Å². The van der Waals surface area contributed by atoms with E-state index in [1.54, 1.807) is 19.1 Å². The minimum Gasteiger partial charge on any atom is -0.324 e. The molecule has 94 valence electrons. The topological polar surface area (TPSA) is 41.1 Å². The van der Waals surface area contributed by atoms with Gasteiger partial charge in [0.05, 0.1) is 6.04 Å². The summed E-state index contributed by atoms with van der Waals surface area (Å²) in [5.41, 5.74) is 1.03. The van der Waals surface area contributed by atoms with Crippen molar-refractivity contribution in [3.05, 3.63) is 29.6 Å². The Labute approximate surface area is 106 Å². The summed E-state index contributed by atoms with van der Waals surface area (Å²) in [6.45, 7) is 2.53. The number of hydrogen-bond acceptors (Lipinski definition) is 2. The van der Waals surface area contributed by atoms with Gasteiger partial charge in [0.15, 0.2) is 0 Å². The van der Waals surface area contributed by atoms with Gasteiger partial charge in [-0.2, -0.15) is 0 Å². The second-order valence-corrected chi connectivity index (χ2v) is 4.05. The molecule has 0 aliphatic carbocycles. The average molecular weight is 259 g/mol. The van der Waals surface area contributed by atoms with E-state index in [9.17, 15) is 9.18 Å². The van der Waals surface area contributed by atoms with E-state index in [1.807, 2.05) is 0 Å². The van der Waals surface area contributed by atoms with Crippen molar-refractivity contribution in [1.29, 1.82) is 0 Å². The molecule has 1 atom stereocenters. The molecule has 0 saturated carbocycles. The first kappa shape index (κ1) is 13.9. The Morgan fingerprint density at radius 3 is 2.94 bits per heavy atom. The van der Waals surface area contributed by atoms with Gasteiger partial charge in [0.25, 0.3) is 0 Å². The highest BCUT2D eigenvalue weighted by atomic mass is 35.5. The number of halogens is 2. The van der Waals surface area contributed by atoms with Crippen molar-refractivity contribution in [3.63, 3.8) is 0 Å². The summed E-state index contributed by atoms with van der Waals surface area (Å²) in [5, 5.41) is 5.86. The number of hydrogen-bond donors (Lipinski definition) is 2. The fourth-order valence-corrected chi connectivity index (χ4v) is 1.87. The third kappa shape index (κ3) is 3.17. The second kappa shape index (κ2) is 5.98. The van der Waals surface area contributed by atoms with Crippen LogP contribution in [0.25, 0.3) is 0 Å². The molecule has 0 aromatic heterocycles. The first-order chi connectivity index (χ1) is 7.68. The van der Waals surface area contributed by atoms with Crippen LogP contribution in [0.5, 0.6) is 0 Å². The summed E-state index contributed by atoms with van der Waals surface area (Å²) in [6, 6.07) is 4.56. The van der Waals surface area contributed by atoms with Crippen LogP contribution in [0.15, 0.2) is 18.2 Å². The van der Waals surface area contributed by atoms with Crippen LogP contribution < -0.4 is 10.6 Å². The zero-order valence-corrected chi connectivity index (χ0v) is 10.4. The van der Waals surface area contributed by atoms with E-state index >= 15 is 0 Å². The summed E-state index contributed by atoms with van der Waals surface area (Å²) < 4.78 is 13.2. The van der Waals surface area contributed by atoms with Crippen molar-refractivity contribution in [2.24, 2.45) is 0 Å². The molecule has 2 N–H and O–H groups in total. The molecule has 1 fully saturated rings. The molecular formula is C12H16ClFN2O. The number of amides is 1. The van der Waals surface area contributed by atoms with Crippen molar-refractivity contribution in [3.8, 4) is 0 Å². The van der Waals surface area contributed by atoms with Crippen LogP contribution in [0.4, 0.5) is 10.1 Å². The lowest BCUT2D eigenvalue weighted by atomic mass is 10.1. The van der Waals surface area contributed by atoms with Crippen LogP contribution >= 0.6 is 12.4 Å². The van der Waals surface area contributed by atoms with Crippen LogP contribution in [0.1, 0.15) is 18.4 Å². The molecule has 1 saturated heterocycles. The predicted molar refractivity (Wildman–Crippen MR) is 68.0 cm³/mol. The van der Waals surface area contributed by atoms with E-state index in [0.29, 0.717) is 11.3 Å². The molecule has 0 bridgehead atoms. The van der Waals surface area contributed by atoms with Crippen LogP contribution in [0.2, 0.25) is 0 Å². The summed E-state index contributed by atoms with van der Waals surface area (Å²) in [4.78, 5) is 11.8. The molecule has 2 rings (SSSR count). The monoisotopic (exact) mass is 258 g/mol. The van der Waals surface area contributed by atoms with Gasteiger partial charge in [0, 0.05) is 11.3 Å². The Hall–Kier alpha value is -1.13. The molecule has 17 heavy (non-hydrogen) atoms. The van der Waals surface area contributed by atoms with Gasteiger partial charge in [0.2, 0.25) is 5.91 Å². The van der Waals surface area contributed by atoms with Gasteiger partial charge in [-0.15, -0.1) is 12.4 Å². The standard InChI is InChI=1S/C12H15FN2O.ClH/c1-8-9(13)4-2-5-10(8)15-12(16)11-6-3-7-14-11;/h2,4-5,11,14H,3,6-7H2,1H3,(H,15,16);1H. The fourth-order valence-electron chi connectivity index (χ4n) is 1.87. The number of benzene rings is 1. The fraction of sp³-hybridized carbons (Fsp3) is 0.417. The molecule has 5 heteroatoms.